The Kier molecular flexibility index (Phi) is 3.75. The van der Waals surface area contributed by atoms with Crippen molar-refractivity contribution in [1.29, 1.82) is 0 Å². The van der Waals surface area contributed by atoms with Crippen LogP contribution >= 0.6 is 15.9 Å². The lowest BCUT2D eigenvalue weighted by atomic mass is 10.4. The highest BCUT2D eigenvalue weighted by atomic mass is 79.9. The van der Waals surface area contributed by atoms with Crippen LogP contribution in [0.4, 0.5) is 5.82 Å². The lowest BCUT2D eigenvalue weighted by Gasteiger charge is -2.22. The molecule has 0 atom stereocenters. The zero-order valence-corrected chi connectivity index (χ0v) is 12.6. The molecule has 0 amide bonds. The van der Waals surface area contributed by atoms with Gasteiger partial charge in [-0.25, -0.2) is 4.98 Å². The standard InChI is InChI=1S/C14H18BrN3O/c1-19-9-8-17(11-5-6-11)14-12(10-15)18-7-3-2-4-13(18)16-14/h2-4,7,11H,5-6,8-10H2,1H3. The number of fused-ring (bicyclic) bond motifs is 1. The second-order valence-corrected chi connectivity index (χ2v) is 5.42. The fourth-order valence-electron chi connectivity index (χ4n) is 2.43. The van der Waals surface area contributed by atoms with E-state index in [0.717, 1.165) is 29.9 Å². The third-order valence-corrected chi connectivity index (χ3v) is 4.06. The van der Waals surface area contributed by atoms with Crippen molar-refractivity contribution in [1.82, 2.24) is 9.38 Å². The van der Waals surface area contributed by atoms with Gasteiger partial charge in [0.25, 0.3) is 0 Å². The van der Waals surface area contributed by atoms with Gasteiger partial charge in [0.05, 0.1) is 12.3 Å². The minimum absolute atomic E-state index is 0.637. The van der Waals surface area contributed by atoms with Gasteiger partial charge in [-0.2, -0.15) is 0 Å². The summed E-state index contributed by atoms with van der Waals surface area (Å²) in [6.45, 7) is 1.65. The fraction of sp³-hybridized carbons (Fsp3) is 0.500. The number of ether oxygens (including phenoxy) is 1. The molecule has 3 rings (SSSR count). The first-order valence-electron chi connectivity index (χ1n) is 6.62. The van der Waals surface area contributed by atoms with E-state index < -0.39 is 0 Å². The number of aromatic nitrogens is 2. The highest BCUT2D eigenvalue weighted by molar-refractivity contribution is 9.08. The Morgan fingerprint density at radius 1 is 1.47 bits per heavy atom. The van der Waals surface area contributed by atoms with Crippen molar-refractivity contribution in [3.05, 3.63) is 30.1 Å². The van der Waals surface area contributed by atoms with Crippen molar-refractivity contribution in [2.75, 3.05) is 25.2 Å². The highest BCUT2D eigenvalue weighted by Crippen LogP contribution is 2.34. The molecule has 0 saturated heterocycles. The molecule has 102 valence electrons. The summed E-state index contributed by atoms with van der Waals surface area (Å²) in [4.78, 5) is 7.20. The molecule has 2 aromatic heterocycles. The van der Waals surface area contributed by atoms with Crippen LogP contribution in [0.3, 0.4) is 0 Å². The van der Waals surface area contributed by atoms with Crippen molar-refractivity contribution in [3.8, 4) is 0 Å². The quantitative estimate of drug-likeness (QED) is 0.766. The molecular weight excluding hydrogens is 306 g/mol. The molecule has 19 heavy (non-hydrogen) atoms. The lowest BCUT2D eigenvalue weighted by Crippen LogP contribution is -2.30. The van der Waals surface area contributed by atoms with E-state index in [1.54, 1.807) is 7.11 Å². The van der Waals surface area contributed by atoms with Crippen molar-refractivity contribution < 1.29 is 4.74 Å². The summed E-state index contributed by atoms with van der Waals surface area (Å²) in [6, 6.07) is 6.76. The molecule has 0 aromatic carbocycles. The summed E-state index contributed by atoms with van der Waals surface area (Å²) in [5, 5.41) is 0.809. The van der Waals surface area contributed by atoms with Gasteiger partial charge in [-0.15, -0.1) is 0 Å². The predicted molar refractivity (Wildman–Crippen MR) is 80.1 cm³/mol. The van der Waals surface area contributed by atoms with Crippen LogP contribution in [0.15, 0.2) is 24.4 Å². The maximum atomic E-state index is 5.23. The molecule has 2 heterocycles. The van der Waals surface area contributed by atoms with Crippen LogP contribution < -0.4 is 4.90 Å². The first kappa shape index (κ1) is 12.9. The van der Waals surface area contributed by atoms with Gasteiger partial charge in [-0.3, -0.25) is 0 Å². The Morgan fingerprint density at radius 3 is 3.00 bits per heavy atom. The third-order valence-electron chi connectivity index (χ3n) is 3.53. The molecular formula is C14H18BrN3O. The number of imidazole rings is 1. The molecule has 1 aliphatic rings. The van der Waals surface area contributed by atoms with Crippen molar-refractivity contribution in [2.45, 2.75) is 24.2 Å². The molecule has 1 fully saturated rings. The number of hydrogen-bond donors (Lipinski definition) is 0. The summed E-state index contributed by atoms with van der Waals surface area (Å²) < 4.78 is 7.39. The number of anilines is 1. The Labute approximate surface area is 121 Å². The molecule has 0 bridgehead atoms. The zero-order chi connectivity index (χ0) is 13.2. The Morgan fingerprint density at radius 2 is 2.32 bits per heavy atom. The monoisotopic (exact) mass is 323 g/mol. The summed E-state index contributed by atoms with van der Waals surface area (Å²) in [6.07, 6.45) is 4.60. The van der Waals surface area contributed by atoms with Gasteiger partial charge in [-0.1, -0.05) is 22.0 Å². The Hall–Kier alpha value is -1.07. The van der Waals surface area contributed by atoms with Gasteiger partial charge in [0.15, 0.2) is 5.82 Å². The number of hydrogen-bond acceptors (Lipinski definition) is 3. The number of methoxy groups -OCH3 is 1. The normalized spacial score (nSPS) is 15.1. The van der Waals surface area contributed by atoms with Gasteiger partial charge in [0.2, 0.25) is 0 Å². The largest absolute Gasteiger partial charge is 0.383 e. The van der Waals surface area contributed by atoms with Crippen LogP contribution in [0, 0.1) is 0 Å². The zero-order valence-electron chi connectivity index (χ0n) is 11.1. The second-order valence-electron chi connectivity index (χ2n) is 4.86. The van der Waals surface area contributed by atoms with Crippen LogP contribution in [-0.4, -0.2) is 35.7 Å². The smallest absolute Gasteiger partial charge is 0.152 e. The van der Waals surface area contributed by atoms with E-state index in [4.69, 9.17) is 9.72 Å². The van der Waals surface area contributed by atoms with Crippen molar-refractivity contribution in [3.63, 3.8) is 0 Å². The first-order valence-corrected chi connectivity index (χ1v) is 7.75. The first-order chi connectivity index (χ1) is 9.35. The molecule has 4 nitrogen and oxygen atoms in total. The van der Waals surface area contributed by atoms with Gasteiger partial charge in [0, 0.05) is 31.2 Å². The van der Waals surface area contributed by atoms with Gasteiger partial charge >= 0.3 is 0 Å². The van der Waals surface area contributed by atoms with E-state index in [1.807, 2.05) is 12.1 Å². The van der Waals surface area contributed by atoms with Crippen molar-refractivity contribution >= 4 is 27.4 Å². The van der Waals surface area contributed by atoms with E-state index in [9.17, 15) is 0 Å². The molecule has 1 aliphatic carbocycles. The molecule has 2 aromatic rings. The Bertz CT molecular complexity index is 565. The molecule has 5 heteroatoms. The van der Waals surface area contributed by atoms with E-state index in [1.165, 1.54) is 18.5 Å². The summed E-state index contributed by atoms with van der Waals surface area (Å²) in [5.41, 5.74) is 2.23. The highest BCUT2D eigenvalue weighted by Gasteiger charge is 2.32. The topological polar surface area (TPSA) is 29.8 Å². The number of alkyl halides is 1. The molecule has 0 unspecified atom stereocenters. The van der Waals surface area contributed by atoms with Crippen LogP contribution in [0.5, 0.6) is 0 Å². The van der Waals surface area contributed by atoms with Crippen LogP contribution in [0.25, 0.3) is 5.65 Å². The molecule has 0 radical (unpaired) electrons. The molecule has 0 N–H and O–H groups in total. The lowest BCUT2D eigenvalue weighted by molar-refractivity contribution is 0.204. The van der Waals surface area contributed by atoms with Crippen LogP contribution in [0.1, 0.15) is 18.5 Å². The number of nitrogens with zero attached hydrogens (tertiary/aromatic N) is 3. The maximum absolute atomic E-state index is 5.23. The third kappa shape index (κ3) is 2.49. The minimum Gasteiger partial charge on any atom is -0.383 e. The van der Waals surface area contributed by atoms with E-state index in [2.05, 4.69) is 37.5 Å². The average molecular weight is 324 g/mol. The molecule has 1 saturated carbocycles. The summed E-state index contributed by atoms with van der Waals surface area (Å²) in [5.74, 6) is 1.10. The van der Waals surface area contributed by atoms with Crippen LogP contribution in [0.2, 0.25) is 0 Å². The SMILES string of the molecule is COCCN(c1nc2ccccn2c1CBr)C1CC1. The van der Waals surface area contributed by atoms with E-state index >= 15 is 0 Å². The number of rotatable bonds is 6. The van der Waals surface area contributed by atoms with E-state index in [0.29, 0.717) is 6.04 Å². The molecule has 0 aliphatic heterocycles. The number of pyridine rings is 1. The predicted octanol–water partition coefficient (Wildman–Crippen LogP) is 2.84. The fourth-order valence-corrected chi connectivity index (χ4v) is 2.95. The van der Waals surface area contributed by atoms with Crippen LogP contribution in [-0.2, 0) is 10.1 Å². The average Bonchev–Trinajstić information content (AvgIpc) is 3.20. The van der Waals surface area contributed by atoms with Gasteiger partial charge < -0.3 is 14.0 Å². The summed E-state index contributed by atoms with van der Waals surface area (Å²) >= 11 is 3.60. The summed E-state index contributed by atoms with van der Waals surface area (Å²) in [7, 11) is 1.75. The second kappa shape index (κ2) is 5.51. The Balaban J connectivity index is 2.01. The minimum atomic E-state index is 0.637. The molecule has 0 spiro atoms. The van der Waals surface area contributed by atoms with Crippen molar-refractivity contribution in [2.24, 2.45) is 0 Å². The maximum Gasteiger partial charge on any atom is 0.152 e. The van der Waals surface area contributed by atoms with Gasteiger partial charge in [0.1, 0.15) is 5.65 Å². The number of halogens is 1. The van der Waals surface area contributed by atoms with Gasteiger partial charge in [-0.05, 0) is 25.0 Å². The van der Waals surface area contributed by atoms with E-state index in [-0.39, 0.29) is 0 Å².